The number of nitrogens with one attached hydrogen (secondary N) is 1. The average molecular weight is 451 g/mol. The molecule has 0 spiro atoms. The minimum Gasteiger partial charge on any atom is -0.494 e. The van der Waals surface area contributed by atoms with E-state index >= 15 is 0 Å². The van der Waals surface area contributed by atoms with Crippen LogP contribution in [-0.4, -0.2) is 42.8 Å². The maximum absolute atomic E-state index is 13.8. The summed E-state index contributed by atoms with van der Waals surface area (Å²) in [4.78, 5) is 18.4. The molecule has 0 unspecified atom stereocenters. The number of ether oxygens (including phenoxy) is 1. The van der Waals surface area contributed by atoms with E-state index < -0.39 is 18.8 Å². The van der Waals surface area contributed by atoms with Crippen molar-refractivity contribution < 1.29 is 19.4 Å². The van der Waals surface area contributed by atoms with Gasteiger partial charge < -0.3 is 15.0 Å². The van der Waals surface area contributed by atoms with Gasteiger partial charge in [-0.1, -0.05) is 6.08 Å². The molecule has 7 heteroatoms. The number of fused-ring (bicyclic) bond motifs is 1. The molecule has 1 heterocycles. The van der Waals surface area contributed by atoms with Crippen molar-refractivity contribution in [2.75, 3.05) is 32.5 Å². The summed E-state index contributed by atoms with van der Waals surface area (Å²) >= 11 is 0. The Morgan fingerprint density at radius 3 is 2.82 bits per heavy atom. The molecule has 3 aromatic rings. The van der Waals surface area contributed by atoms with Gasteiger partial charge in [-0.05, 0) is 63.8 Å². The van der Waals surface area contributed by atoms with Crippen LogP contribution in [0, 0.1) is 24.1 Å². The first kappa shape index (κ1) is 18.8. The number of hydrogen-bond acceptors (Lipinski definition) is 6. The van der Waals surface area contributed by atoms with Crippen LogP contribution in [0.15, 0.2) is 48.7 Å². The number of allylic oxidation sites excluding steroid dienone is 1. The number of aromatic nitrogens is 1. The number of nitrogens with zero attached hydrogens (tertiary/aromatic N) is 3. The van der Waals surface area contributed by atoms with E-state index in [4.69, 9.17) is 10.2 Å². The number of anilines is 2. The van der Waals surface area contributed by atoms with Crippen molar-refractivity contribution in [3.05, 3.63) is 71.2 Å². The van der Waals surface area contributed by atoms with Crippen molar-refractivity contribution in [2.24, 2.45) is 0 Å². The van der Waals surface area contributed by atoms with Gasteiger partial charge in [0.25, 0.3) is 0 Å². The van der Waals surface area contributed by atoms with Gasteiger partial charge in [0.1, 0.15) is 17.6 Å². The third-order valence-electron chi connectivity index (χ3n) is 4.78. The van der Waals surface area contributed by atoms with Gasteiger partial charge in [0, 0.05) is 44.6 Å². The molecule has 0 bridgehead atoms. The Balaban J connectivity index is 2.13. The summed E-state index contributed by atoms with van der Waals surface area (Å²) in [5, 5.41) is 13.3. The van der Waals surface area contributed by atoms with Gasteiger partial charge in [-0.3, -0.25) is 9.78 Å². The molecule has 0 amide bonds. The molecular formula is C26H27FN4O2. The predicted molar refractivity (Wildman–Crippen MR) is 128 cm³/mol. The number of benzene rings is 2. The second-order valence-electron chi connectivity index (χ2n) is 7.53. The molecule has 0 radical (unpaired) electrons. The first-order valence-electron chi connectivity index (χ1n) is 12.2. The Bertz CT molecular complexity index is 1410. The maximum Gasteiger partial charge on any atom is 0.159 e. The van der Waals surface area contributed by atoms with E-state index in [0.29, 0.717) is 33.4 Å². The highest BCUT2D eigenvalue weighted by molar-refractivity contribution is 5.98. The molecule has 6 nitrogen and oxygen atoms in total. The van der Waals surface area contributed by atoms with E-state index in [2.05, 4.69) is 16.4 Å². The fourth-order valence-electron chi connectivity index (χ4n) is 3.22. The van der Waals surface area contributed by atoms with E-state index in [1.165, 1.54) is 36.2 Å². The van der Waals surface area contributed by atoms with Gasteiger partial charge in [0.2, 0.25) is 0 Å². The van der Waals surface area contributed by atoms with Crippen LogP contribution in [0.2, 0.25) is 0 Å². The number of pyridine rings is 1. The van der Waals surface area contributed by atoms with Crippen LogP contribution >= 0.6 is 0 Å². The van der Waals surface area contributed by atoms with Gasteiger partial charge in [0.05, 0.1) is 26.1 Å². The zero-order valence-electron chi connectivity index (χ0n) is 22.9. The van der Waals surface area contributed by atoms with E-state index in [0.717, 1.165) is 12.2 Å². The Morgan fingerprint density at radius 1 is 1.36 bits per heavy atom. The van der Waals surface area contributed by atoms with E-state index in [1.807, 2.05) is 0 Å². The van der Waals surface area contributed by atoms with Crippen LogP contribution < -0.4 is 10.1 Å². The lowest BCUT2D eigenvalue weighted by atomic mass is 10.0. The standard InChI is InChI=1S/C26H27FN4O2/c1-5-33-25-14-24-22(13-18(25)12-21(32)7-6-10-31(3)4)26(19(15-28)16-29-24)30-20-8-9-23(27)17(2)11-20/h6-9,11,13-14,16H,5,10,12H2,1-4H3,(H,29,30)/b7-6+/i5D2,10D2. The van der Waals surface area contributed by atoms with Crippen molar-refractivity contribution >= 4 is 28.1 Å². The van der Waals surface area contributed by atoms with Gasteiger partial charge in [0.15, 0.2) is 5.78 Å². The summed E-state index contributed by atoms with van der Waals surface area (Å²) in [6, 6.07) is 9.60. The van der Waals surface area contributed by atoms with Crippen molar-refractivity contribution in [1.29, 1.82) is 5.26 Å². The quantitative estimate of drug-likeness (QED) is 0.466. The summed E-state index contributed by atoms with van der Waals surface area (Å²) in [7, 11) is 3.09. The largest absolute Gasteiger partial charge is 0.494 e. The van der Waals surface area contributed by atoms with Gasteiger partial charge in [-0.2, -0.15) is 5.26 Å². The second kappa shape index (κ2) is 10.7. The third-order valence-corrected chi connectivity index (χ3v) is 4.78. The van der Waals surface area contributed by atoms with Gasteiger partial charge in [-0.15, -0.1) is 0 Å². The summed E-state index contributed by atoms with van der Waals surface area (Å²) in [5.41, 5.74) is 2.27. The fraction of sp³-hybridized carbons (Fsp3) is 0.269. The number of carbonyl (C=O) groups is 1. The molecule has 33 heavy (non-hydrogen) atoms. The zero-order valence-corrected chi connectivity index (χ0v) is 18.9. The molecule has 1 N–H and O–H groups in total. The molecule has 0 aliphatic rings. The highest BCUT2D eigenvalue weighted by Crippen LogP contribution is 2.34. The third kappa shape index (κ3) is 5.93. The van der Waals surface area contributed by atoms with Crippen molar-refractivity contribution in [1.82, 2.24) is 9.88 Å². The minimum absolute atomic E-state index is 0.0955. The number of halogens is 1. The Morgan fingerprint density at radius 2 is 2.15 bits per heavy atom. The molecule has 3 rings (SSSR count). The number of likely N-dealkylation sites (N-methyl/N-ethyl adjacent to an activating group) is 1. The molecule has 0 aliphatic heterocycles. The first-order chi connectivity index (χ1) is 17.2. The Kier molecular flexibility index (Phi) is 6.09. The smallest absolute Gasteiger partial charge is 0.159 e. The highest BCUT2D eigenvalue weighted by atomic mass is 19.1. The van der Waals surface area contributed by atoms with Crippen LogP contribution in [0.5, 0.6) is 5.75 Å². The number of ketones is 1. The second-order valence-corrected chi connectivity index (χ2v) is 7.53. The normalized spacial score (nSPS) is 13.8. The van der Waals surface area contributed by atoms with Crippen LogP contribution in [0.25, 0.3) is 10.9 Å². The van der Waals surface area contributed by atoms with Crippen molar-refractivity contribution in [3.63, 3.8) is 0 Å². The van der Waals surface area contributed by atoms with Gasteiger partial charge in [-0.25, -0.2) is 4.39 Å². The summed E-state index contributed by atoms with van der Waals surface area (Å²) < 4.78 is 50.8. The molecule has 170 valence electrons. The molecule has 0 atom stereocenters. The van der Waals surface area contributed by atoms with Crippen LogP contribution in [-0.2, 0) is 11.2 Å². The lowest BCUT2D eigenvalue weighted by Gasteiger charge is -2.15. The lowest BCUT2D eigenvalue weighted by molar-refractivity contribution is -0.114. The zero-order chi connectivity index (χ0) is 27.5. The van der Waals surface area contributed by atoms with Gasteiger partial charge >= 0.3 is 0 Å². The molecule has 0 saturated heterocycles. The summed E-state index contributed by atoms with van der Waals surface area (Å²) in [5.74, 6) is -0.702. The van der Waals surface area contributed by atoms with Crippen LogP contribution in [0.1, 0.15) is 29.1 Å². The van der Waals surface area contributed by atoms with Crippen LogP contribution in [0.3, 0.4) is 0 Å². The minimum atomic E-state index is -2.05. The topological polar surface area (TPSA) is 78.2 Å². The molecular weight excluding hydrogens is 419 g/mol. The highest BCUT2D eigenvalue weighted by Gasteiger charge is 2.16. The number of aryl methyl sites for hydroxylation is 1. The predicted octanol–water partition coefficient (Wildman–Crippen LogP) is 4.93. The Hall–Kier alpha value is -3.76. The van der Waals surface area contributed by atoms with E-state index in [-0.39, 0.29) is 23.6 Å². The van der Waals surface area contributed by atoms with Crippen molar-refractivity contribution in [2.45, 2.75) is 20.3 Å². The lowest BCUT2D eigenvalue weighted by Crippen LogP contribution is -2.11. The number of rotatable bonds is 9. The fourth-order valence-corrected chi connectivity index (χ4v) is 3.22. The first-order valence-corrected chi connectivity index (χ1v) is 10.2. The monoisotopic (exact) mass is 450 g/mol. The molecule has 2 aromatic carbocycles. The SMILES string of the molecule is [2H]C([2H])(C)Oc1cc2ncc(C#N)c(Nc3ccc(F)c(C)c3)c2cc1CC(=O)/C=C/C([2H])([2H])N(C)C. The maximum atomic E-state index is 13.8. The van der Waals surface area contributed by atoms with Crippen LogP contribution in [0.4, 0.5) is 15.8 Å². The Labute approximate surface area is 198 Å². The van der Waals surface area contributed by atoms with E-state index in [9.17, 15) is 14.4 Å². The number of hydrogen-bond donors (Lipinski definition) is 1. The molecule has 0 saturated carbocycles. The van der Waals surface area contributed by atoms with Crippen molar-refractivity contribution in [3.8, 4) is 11.8 Å². The average Bonchev–Trinajstić information content (AvgIpc) is 2.80. The molecule has 0 aliphatic carbocycles. The summed E-state index contributed by atoms with van der Waals surface area (Å²) in [6.45, 7) is -1.04. The summed E-state index contributed by atoms with van der Waals surface area (Å²) in [6.07, 6.45) is 3.43. The number of carbonyl (C=O) groups excluding carboxylic acids is 1. The number of nitriles is 1. The molecule has 1 aromatic heterocycles. The molecule has 0 fully saturated rings. The van der Waals surface area contributed by atoms with E-state index in [1.54, 1.807) is 33.2 Å².